The number of piperidine rings is 1. The lowest BCUT2D eigenvalue weighted by atomic mass is 9.95. The second kappa shape index (κ2) is 8.66. The zero-order chi connectivity index (χ0) is 17.5. The van der Waals surface area contributed by atoms with Crippen molar-refractivity contribution >= 4 is 12.0 Å². The predicted octanol–water partition coefficient (Wildman–Crippen LogP) is 2.76. The Balaban J connectivity index is 1.77. The Morgan fingerprint density at radius 3 is 2.46 bits per heavy atom. The molecule has 0 aromatic carbocycles. The van der Waals surface area contributed by atoms with Crippen molar-refractivity contribution in [2.75, 3.05) is 19.7 Å². The monoisotopic (exact) mass is 333 g/mol. The van der Waals surface area contributed by atoms with Gasteiger partial charge in [0.1, 0.15) is 0 Å². The molecule has 2 heterocycles. The summed E-state index contributed by atoms with van der Waals surface area (Å²) in [6, 6.07) is 3.76. The van der Waals surface area contributed by atoms with Gasteiger partial charge in [-0.1, -0.05) is 13.8 Å². The summed E-state index contributed by atoms with van der Waals surface area (Å²) < 4.78 is 5.24. The van der Waals surface area contributed by atoms with E-state index in [4.69, 9.17) is 4.74 Å². The smallest absolute Gasteiger partial charge is 0.409 e. The van der Waals surface area contributed by atoms with E-state index in [1.807, 2.05) is 32.9 Å². The van der Waals surface area contributed by atoms with Gasteiger partial charge < -0.3 is 15.0 Å². The number of carbonyl (C=O) groups excluding carboxylic acids is 2. The van der Waals surface area contributed by atoms with Crippen molar-refractivity contribution in [3.63, 3.8) is 0 Å². The Morgan fingerprint density at radius 1 is 1.25 bits per heavy atom. The molecule has 2 amide bonds. The first-order chi connectivity index (χ1) is 11.5. The van der Waals surface area contributed by atoms with Gasteiger partial charge in [-0.05, 0) is 43.4 Å². The number of amides is 2. The minimum Gasteiger partial charge on any atom is -0.449 e. The molecule has 24 heavy (non-hydrogen) atoms. The van der Waals surface area contributed by atoms with Crippen molar-refractivity contribution in [3.8, 4) is 0 Å². The number of carbonyl (C=O) groups is 2. The quantitative estimate of drug-likeness (QED) is 0.899. The fourth-order valence-corrected chi connectivity index (χ4v) is 2.72. The van der Waals surface area contributed by atoms with Crippen molar-refractivity contribution in [1.82, 2.24) is 15.2 Å². The summed E-state index contributed by atoms with van der Waals surface area (Å²) in [6.07, 6.45) is 4.52. The van der Waals surface area contributed by atoms with E-state index in [0.29, 0.717) is 38.5 Å². The maximum absolute atomic E-state index is 12.4. The SMILES string of the molecule is CC(C)COC(=O)N1CCC(C(=O)N[C@H](C)c2ccncc2)CC1. The first kappa shape index (κ1) is 18.2. The van der Waals surface area contributed by atoms with Gasteiger partial charge in [-0.25, -0.2) is 4.79 Å². The van der Waals surface area contributed by atoms with Gasteiger partial charge in [0.2, 0.25) is 5.91 Å². The molecule has 0 aliphatic carbocycles. The van der Waals surface area contributed by atoms with Crippen LogP contribution in [0.1, 0.15) is 45.2 Å². The van der Waals surface area contributed by atoms with Crippen molar-refractivity contribution in [2.24, 2.45) is 11.8 Å². The van der Waals surface area contributed by atoms with Gasteiger partial charge in [0.05, 0.1) is 12.6 Å². The van der Waals surface area contributed by atoms with Crippen LogP contribution in [0.2, 0.25) is 0 Å². The number of hydrogen-bond donors (Lipinski definition) is 1. The van der Waals surface area contributed by atoms with Crippen LogP contribution < -0.4 is 5.32 Å². The van der Waals surface area contributed by atoms with Crippen molar-refractivity contribution in [3.05, 3.63) is 30.1 Å². The molecule has 1 aliphatic rings. The van der Waals surface area contributed by atoms with E-state index in [1.54, 1.807) is 17.3 Å². The van der Waals surface area contributed by atoms with Crippen LogP contribution in [-0.4, -0.2) is 41.6 Å². The summed E-state index contributed by atoms with van der Waals surface area (Å²) in [5.41, 5.74) is 1.04. The molecule has 132 valence electrons. The van der Waals surface area contributed by atoms with E-state index < -0.39 is 0 Å². The van der Waals surface area contributed by atoms with Gasteiger partial charge >= 0.3 is 6.09 Å². The average Bonchev–Trinajstić information content (AvgIpc) is 2.60. The zero-order valence-corrected chi connectivity index (χ0v) is 14.7. The van der Waals surface area contributed by atoms with Crippen molar-refractivity contribution < 1.29 is 14.3 Å². The Morgan fingerprint density at radius 2 is 1.88 bits per heavy atom. The molecule has 0 spiro atoms. The van der Waals surface area contributed by atoms with E-state index >= 15 is 0 Å². The third-order valence-electron chi connectivity index (χ3n) is 4.23. The highest BCUT2D eigenvalue weighted by Crippen LogP contribution is 2.20. The number of hydrogen-bond acceptors (Lipinski definition) is 4. The number of rotatable bonds is 5. The number of pyridine rings is 1. The summed E-state index contributed by atoms with van der Waals surface area (Å²) >= 11 is 0. The van der Waals surface area contributed by atoms with Gasteiger partial charge in [0, 0.05) is 31.4 Å². The molecule has 0 saturated carbocycles. The molecular weight excluding hydrogens is 306 g/mol. The lowest BCUT2D eigenvalue weighted by Gasteiger charge is -2.31. The van der Waals surface area contributed by atoms with Crippen LogP contribution in [0.15, 0.2) is 24.5 Å². The zero-order valence-electron chi connectivity index (χ0n) is 14.7. The van der Waals surface area contributed by atoms with Crippen LogP contribution in [0.4, 0.5) is 4.79 Å². The molecule has 1 aromatic heterocycles. The van der Waals surface area contributed by atoms with E-state index in [9.17, 15) is 9.59 Å². The van der Waals surface area contributed by atoms with Crippen LogP contribution in [0, 0.1) is 11.8 Å². The molecular formula is C18H27N3O3. The van der Waals surface area contributed by atoms with Crippen LogP contribution in [0.5, 0.6) is 0 Å². The number of aromatic nitrogens is 1. The second-order valence-corrected chi connectivity index (χ2v) is 6.74. The fraction of sp³-hybridized carbons (Fsp3) is 0.611. The van der Waals surface area contributed by atoms with Gasteiger partial charge in [-0.3, -0.25) is 9.78 Å². The fourth-order valence-electron chi connectivity index (χ4n) is 2.72. The molecule has 0 unspecified atom stereocenters. The third kappa shape index (κ3) is 5.22. The predicted molar refractivity (Wildman–Crippen MR) is 91.3 cm³/mol. The minimum atomic E-state index is -0.271. The lowest BCUT2D eigenvalue weighted by Crippen LogP contribution is -2.43. The molecule has 0 radical (unpaired) electrons. The van der Waals surface area contributed by atoms with Crippen LogP contribution >= 0.6 is 0 Å². The molecule has 1 N–H and O–H groups in total. The Kier molecular flexibility index (Phi) is 6.58. The highest BCUT2D eigenvalue weighted by molar-refractivity contribution is 5.79. The summed E-state index contributed by atoms with van der Waals surface area (Å²) in [7, 11) is 0. The summed E-state index contributed by atoms with van der Waals surface area (Å²) in [4.78, 5) is 30.0. The molecule has 1 aliphatic heterocycles. The standard InChI is InChI=1S/C18H27N3O3/c1-13(2)12-24-18(23)21-10-6-16(7-11-21)17(22)20-14(3)15-4-8-19-9-5-15/h4-5,8-9,13-14,16H,6-7,10-12H2,1-3H3,(H,20,22)/t14-/m1/s1. The number of nitrogens with one attached hydrogen (secondary N) is 1. The van der Waals surface area contributed by atoms with E-state index in [2.05, 4.69) is 10.3 Å². The highest BCUT2D eigenvalue weighted by Gasteiger charge is 2.28. The molecule has 1 aromatic rings. The van der Waals surface area contributed by atoms with E-state index in [-0.39, 0.29) is 24.0 Å². The summed E-state index contributed by atoms with van der Waals surface area (Å²) in [6.45, 7) is 7.55. The maximum atomic E-state index is 12.4. The molecule has 1 atom stereocenters. The Bertz CT molecular complexity index is 540. The molecule has 1 saturated heterocycles. The number of ether oxygens (including phenoxy) is 1. The van der Waals surface area contributed by atoms with Crippen molar-refractivity contribution in [1.29, 1.82) is 0 Å². The topological polar surface area (TPSA) is 71.5 Å². The minimum absolute atomic E-state index is 0.0467. The Labute approximate surface area is 143 Å². The first-order valence-electron chi connectivity index (χ1n) is 8.59. The molecule has 6 nitrogen and oxygen atoms in total. The number of nitrogens with zero attached hydrogens (tertiary/aromatic N) is 2. The third-order valence-corrected chi connectivity index (χ3v) is 4.23. The average molecular weight is 333 g/mol. The van der Waals surface area contributed by atoms with E-state index in [1.165, 1.54) is 0 Å². The van der Waals surface area contributed by atoms with Crippen LogP contribution in [0.3, 0.4) is 0 Å². The van der Waals surface area contributed by atoms with Crippen molar-refractivity contribution in [2.45, 2.75) is 39.7 Å². The summed E-state index contributed by atoms with van der Waals surface area (Å²) in [5, 5.41) is 3.05. The molecule has 6 heteroatoms. The molecule has 2 rings (SSSR count). The summed E-state index contributed by atoms with van der Waals surface area (Å²) in [5.74, 6) is 0.324. The lowest BCUT2D eigenvalue weighted by molar-refractivity contribution is -0.127. The van der Waals surface area contributed by atoms with Crippen LogP contribution in [-0.2, 0) is 9.53 Å². The largest absolute Gasteiger partial charge is 0.449 e. The van der Waals surface area contributed by atoms with Gasteiger partial charge in [-0.2, -0.15) is 0 Å². The first-order valence-corrected chi connectivity index (χ1v) is 8.59. The molecule has 0 bridgehead atoms. The highest BCUT2D eigenvalue weighted by atomic mass is 16.6. The van der Waals surface area contributed by atoms with Gasteiger partial charge in [-0.15, -0.1) is 0 Å². The Hall–Kier alpha value is -2.11. The molecule has 1 fully saturated rings. The maximum Gasteiger partial charge on any atom is 0.409 e. The number of likely N-dealkylation sites (tertiary alicyclic amines) is 1. The van der Waals surface area contributed by atoms with E-state index in [0.717, 1.165) is 5.56 Å². The normalized spacial score (nSPS) is 16.8. The van der Waals surface area contributed by atoms with Gasteiger partial charge in [0.15, 0.2) is 0 Å². The van der Waals surface area contributed by atoms with Crippen LogP contribution in [0.25, 0.3) is 0 Å². The second-order valence-electron chi connectivity index (χ2n) is 6.74. The van der Waals surface area contributed by atoms with Gasteiger partial charge in [0.25, 0.3) is 0 Å².